The molecule has 2 bridgehead atoms. The molecule has 1 saturated carbocycles. The van der Waals surface area contributed by atoms with Gasteiger partial charge in [0, 0.05) is 41.4 Å². The summed E-state index contributed by atoms with van der Waals surface area (Å²) in [4.78, 5) is 7.50. The first-order chi connectivity index (χ1) is 17.0. The number of hydrogen-bond donors (Lipinski definition) is 2. The Morgan fingerprint density at radius 1 is 1.09 bits per heavy atom. The number of nitrogens with zero attached hydrogens (tertiary/aromatic N) is 2. The summed E-state index contributed by atoms with van der Waals surface area (Å²) < 4.78 is 6.58. The van der Waals surface area contributed by atoms with Gasteiger partial charge in [-0.15, -0.1) is 0 Å². The van der Waals surface area contributed by atoms with Gasteiger partial charge in [-0.3, -0.25) is 9.88 Å². The van der Waals surface area contributed by atoms with Crippen LogP contribution in [0.15, 0.2) is 48.7 Å². The number of pyridine rings is 1. The van der Waals surface area contributed by atoms with Crippen molar-refractivity contribution in [2.24, 2.45) is 5.92 Å². The van der Waals surface area contributed by atoms with Crippen LogP contribution < -0.4 is 4.74 Å². The van der Waals surface area contributed by atoms with Crippen LogP contribution in [0.3, 0.4) is 0 Å². The van der Waals surface area contributed by atoms with Crippen LogP contribution in [0.1, 0.15) is 47.8 Å². The average molecular weight is 487 g/mol. The SMILES string of the molecule is Oc1ccc2c3c1O[C@H]1c4ncc(-c5ccc(Cl)cc5)cc4C[C@@]4(O)[C@@H](C2)N(CC2CC2)CC[C@]314. The quantitative estimate of drug-likeness (QED) is 0.556. The minimum Gasteiger partial charge on any atom is -0.504 e. The Balaban J connectivity index is 1.32. The number of aliphatic hydroxyl groups is 1. The third-order valence-electron chi connectivity index (χ3n) is 9.40. The highest BCUT2D eigenvalue weighted by molar-refractivity contribution is 6.30. The molecule has 178 valence electrons. The first-order valence-corrected chi connectivity index (χ1v) is 13.1. The maximum absolute atomic E-state index is 12.8. The van der Waals surface area contributed by atoms with Crippen molar-refractivity contribution in [1.82, 2.24) is 9.88 Å². The normalized spacial score (nSPS) is 32.1. The van der Waals surface area contributed by atoms with E-state index in [9.17, 15) is 10.2 Å². The Kier molecular flexibility index (Phi) is 3.99. The second-order valence-corrected chi connectivity index (χ2v) is 11.6. The number of ether oxygens (including phenoxy) is 1. The fourth-order valence-electron chi connectivity index (χ4n) is 7.64. The van der Waals surface area contributed by atoms with Gasteiger partial charge < -0.3 is 14.9 Å². The lowest BCUT2D eigenvalue weighted by Gasteiger charge is -2.63. The second-order valence-electron chi connectivity index (χ2n) is 11.2. The van der Waals surface area contributed by atoms with Crippen molar-refractivity contribution in [2.75, 3.05) is 13.1 Å². The Bertz CT molecular complexity index is 1390. The van der Waals surface area contributed by atoms with Crippen LogP contribution in [-0.4, -0.2) is 44.8 Å². The van der Waals surface area contributed by atoms with Crippen LogP contribution >= 0.6 is 11.6 Å². The highest BCUT2D eigenvalue weighted by atomic mass is 35.5. The molecule has 1 spiro atoms. The molecule has 4 atom stereocenters. The predicted octanol–water partition coefficient (Wildman–Crippen LogP) is 4.81. The van der Waals surface area contributed by atoms with Gasteiger partial charge in [0.2, 0.25) is 0 Å². The molecule has 2 fully saturated rings. The molecule has 2 N–H and O–H groups in total. The highest BCUT2D eigenvalue weighted by Crippen LogP contribution is 2.68. The Morgan fingerprint density at radius 3 is 2.71 bits per heavy atom. The first kappa shape index (κ1) is 20.6. The maximum Gasteiger partial charge on any atom is 0.166 e. The molecular formula is C29H27ClN2O3. The summed E-state index contributed by atoms with van der Waals surface area (Å²) in [6.45, 7) is 2.00. The van der Waals surface area contributed by atoms with E-state index >= 15 is 0 Å². The zero-order valence-electron chi connectivity index (χ0n) is 19.4. The molecule has 0 amide bonds. The first-order valence-electron chi connectivity index (χ1n) is 12.7. The Morgan fingerprint density at radius 2 is 1.91 bits per heavy atom. The summed E-state index contributed by atoms with van der Waals surface area (Å²) in [5.74, 6) is 1.47. The molecule has 0 radical (unpaired) electrons. The standard InChI is InChI=1S/C29H27ClN2O3/c30-21-6-3-17(4-7-21)20-11-19-13-29(34)23-12-18-5-8-22(33)26-24(18)28(29,27(35-26)25(19)31-14-20)9-10-32(23)15-16-1-2-16/h3-8,11,14,16,23,27,33-34H,1-2,9-10,12-13,15H2/t23-,27+,28+,29-/m1/s1. The number of aromatic nitrogens is 1. The number of phenols is 1. The summed E-state index contributed by atoms with van der Waals surface area (Å²) in [5, 5.41) is 24.3. The van der Waals surface area contributed by atoms with Gasteiger partial charge in [-0.05, 0) is 79.1 Å². The second kappa shape index (κ2) is 6.78. The molecule has 5 nitrogen and oxygen atoms in total. The zero-order chi connectivity index (χ0) is 23.5. The largest absolute Gasteiger partial charge is 0.504 e. The van der Waals surface area contributed by atoms with Crippen LogP contribution in [0, 0.1) is 5.92 Å². The lowest BCUT2D eigenvalue weighted by Crippen LogP contribution is -2.74. The van der Waals surface area contributed by atoms with Gasteiger partial charge in [-0.2, -0.15) is 0 Å². The van der Waals surface area contributed by atoms with E-state index in [-0.39, 0.29) is 11.8 Å². The molecule has 1 saturated heterocycles. The number of phenolic OH excluding ortho intramolecular Hbond substituents is 1. The summed E-state index contributed by atoms with van der Waals surface area (Å²) in [6, 6.07) is 13.8. The van der Waals surface area contributed by atoms with Crippen molar-refractivity contribution < 1.29 is 14.9 Å². The number of fused-ring (bicyclic) bond motifs is 2. The van der Waals surface area contributed by atoms with Crippen LogP contribution in [0.25, 0.3) is 11.1 Å². The molecule has 2 aromatic carbocycles. The minimum absolute atomic E-state index is 0.0262. The van der Waals surface area contributed by atoms with Gasteiger partial charge in [0.05, 0.1) is 16.7 Å². The van der Waals surface area contributed by atoms with E-state index in [1.165, 1.54) is 18.4 Å². The highest BCUT2D eigenvalue weighted by Gasteiger charge is 2.72. The van der Waals surface area contributed by atoms with Crippen molar-refractivity contribution in [2.45, 2.75) is 55.3 Å². The molecule has 5 aliphatic rings. The Hall–Kier alpha value is -2.60. The van der Waals surface area contributed by atoms with E-state index in [0.717, 1.165) is 59.8 Å². The summed E-state index contributed by atoms with van der Waals surface area (Å²) in [6.07, 6.45) is 6.22. The van der Waals surface area contributed by atoms with Gasteiger partial charge in [0.1, 0.15) is 0 Å². The van der Waals surface area contributed by atoms with Crippen molar-refractivity contribution in [3.05, 3.63) is 76.1 Å². The number of likely N-dealkylation sites (tertiary alicyclic amines) is 1. The number of piperidine rings is 1. The molecule has 3 aromatic rings. The maximum atomic E-state index is 12.8. The molecule has 8 rings (SSSR count). The van der Waals surface area contributed by atoms with Crippen LogP contribution in [0.2, 0.25) is 5.02 Å². The zero-order valence-corrected chi connectivity index (χ0v) is 20.1. The molecule has 0 unspecified atom stereocenters. The van der Waals surface area contributed by atoms with Crippen molar-refractivity contribution in [3.63, 3.8) is 0 Å². The lowest BCUT2D eigenvalue weighted by atomic mass is 9.49. The minimum atomic E-state index is -0.982. The number of rotatable bonds is 3. The van der Waals surface area contributed by atoms with Gasteiger partial charge in [0.15, 0.2) is 17.6 Å². The van der Waals surface area contributed by atoms with Crippen molar-refractivity contribution in [3.8, 4) is 22.6 Å². The van der Waals surface area contributed by atoms with Crippen LogP contribution in [0.4, 0.5) is 0 Å². The molecule has 3 heterocycles. The molecule has 1 aromatic heterocycles. The molecule has 6 heteroatoms. The summed E-state index contributed by atoms with van der Waals surface area (Å²) in [7, 11) is 0. The van der Waals surface area contributed by atoms with Gasteiger partial charge in [0.25, 0.3) is 0 Å². The van der Waals surface area contributed by atoms with E-state index in [1.807, 2.05) is 36.5 Å². The van der Waals surface area contributed by atoms with E-state index in [0.29, 0.717) is 17.2 Å². The molecular weight excluding hydrogens is 460 g/mol. The summed E-state index contributed by atoms with van der Waals surface area (Å²) in [5.41, 5.74) is 4.66. The van der Waals surface area contributed by atoms with Gasteiger partial charge in [-0.1, -0.05) is 29.8 Å². The average Bonchev–Trinajstić information content (AvgIpc) is 3.59. The number of benzene rings is 2. The number of hydrogen-bond acceptors (Lipinski definition) is 5. The third-order valence-corrected chi connectivity index (χ3v) is 9.65. The molecule has 2 aliphatic heterocycles. The topological polar surface area (TPSA) is 65.8 Å². The molecule has 35 heavy (non-hydrogen) atoms. The van der Waals surface area contributed by atoms with E-state index < -0.39 is 17.1 Å². The van der Waals surface area contributed by atoms with E-state index in [2.05, 4.69) is 11.0 Å². The Labute approximate surface area is 209 Å². The van der Waals surface area contributed by atoms with Gasteiger partial charge in [-0.25, -0.2) is 0 Å². The van der Waals surface area contributed by atoms with Crippen molar-refractivity contribution >= 4 is 11.6 Å². The van der Waals surface area contributed by atoms with Crippen molar-refractivity contribution in [1.29, 1.82) is 0 Å². The number of halogens is 1. The fourth-order valence-corrected chi connectivity index (χ4v) is 7.77. The summed E-state index contributed by atoms with van der Waals surface area (Å²) >= 11 is 6.11. The van der Waals surface area contributed by atoms with Crippen LogP contribution in [0.5, 0.6) is 11.5 Å². The lowest BCUT2D eigenvalue weighted by molar-refractivity contribution is -0.173. The van der Waals surface area contributed by atoms with Gasteiger partial charge >= 0.3 is 0 Å². The van der Waals surface area contributed by atoms with E-state index in [1.54, 1.807) is 6.07 Å². The van der Waals surface area contributed by atoms with Crippen LogP contribution in [-0.2, 0) is 18.3 Å². The predicted molar refractivity (Wildman–Crippen MR) is 133 cm³/mol. The molecule has 3 aliphatic carbocycles. The fraction of sp³-hybridized carbons (Fsp3) is 0.414. The number of aromatic hydroxyl groups is 1. The third kappa shape index (κ3) is 2.59. The monoisotopic (exact) mass is 486 g/mol. The smallest absolute Gasteiger partial charge is 0.166 e. The van der Waals surface area contributed by atoms with E-state index in [4.69, 9.17) is 21.3 Å².